The number of piperidine rings is 1. The maximum Gasteiger partial charge on any atom is 0.451 e. The van der Waals surface area contributed by atoms with Crippen LogP contribution in [0.4, 0.5) is 32.4 Å². The molecule has 0 radical (unpaired) electrons. The Bertz CT molecular complexity index is 1570. The van der Waals surface area contributed by atoms with Gasteiger partial charge in [0.15, 0.2) is 10.9 Å². The van der Waals surface area contributed by atoms with Crippen molar-refractivity contribution in [2.24, 2.45) is 0 Å². The molecular weight excluding hydrogens is 569 g/mol. The van der Waals surface area contributed by atoms with Gasteiger partial charge in [0.2, 0.25) is 11.7 Å². The van der Waals surface area contributed by atoms with Gasteiger partial charge < -0.3 is 14.6 Å². The first kappa shape index (κ1) is 28.4. The zero-order chi connectivity index (χ0) is 29.3. The van der Waals surface area contributed by atoms with Crippen LogP contribution >= 0.6 is 11.8 Å². The predicted octanol–water partition coefficient (Wildman–Crippen LogP) is 6.33. The van der Waals surface area contributed by atoms with E-state index in [1.54, 1.807) is 6.92 Å². The number of aromatic nitrogens is 5. The van der Waals surface area contributed by atoms with E-state index in [2.05, 4.69) is 25.3 Å². The first-order chi connectivity index (χ1) is 19.5. The number of carbonyl (C=O) groups is 1. The third-order valence-electron chi connectivity index (χ3n) is 6.52. The molecule has 0 bridgehead atoms. The van der Waals surface area contributed by atoms with Crippen molar-refractivity contribution < 1.29 is 31.2 Å². The summed E-state index contributed by atoms with van der Waals surface area (Å²) < 4.78 is 73.2. The second-order valence-corrected chi connectivity index (χ2v) is 9.91. The molecule has 4 heterocycles. The zero-order valence-corrected chi connectivity index (χ0v) is 22.5. The van der Waals surface area contributed by atoms with E-state index >= 15 is 0 Å². The van der Waals surface area contributed by atoms with Gasteiger partial charge in [0, 0.05) is 25.2 Å². The van der Waals surface area contributed by atoms with Crippen molar-refractivity contribution in [1.29, 1.82) is 0 Å². The fourth-order valence-electron chi connectivity index (χ4n) is 4.52. The molecule has 1 aromatic carbocycles. The molecule has 0 atom stereocenters. The van der Waals surface area contributed by atoms with Crippen LogP contribution in [-0.4, -0.2) is 55.2 Å². The average molecular weight is 592 g/mol. The summed E-state index contributed by atoms with van der Waals surface area (Å²) in [5.41, 5.74) is 1.08. The number of oxazole rings is 1. The average Bonchev–Trinajstić information content (AvgIpc) is 3.44. The normalized spacial score (nSPS) is 14.4. The number of anilines is 1. The molecule has 41 heavy (non-hydrogen) atoms. The molecular formula is C26H22F5N7O2S. The van der Waals surface area contributed by atoms with Gasteiger partial charge in [0.1, 0.15) is 23.0 Å². The number of hydrogen-bond donors (Lipinski definition) is 1. The number of nitrogens with one attached hydrogen (secondary N) is 1. The number of rotatable bonds is 5. The molecule has 1 aliphatic heterocycles. The molecule has 15 heteroatoms. The number of halogens is 5. The summed E-state index contributed by atoms with van der Waals surface area (Å²) in [6, 6.07) is 3.98. The summed E-state index contributed by atoms with van der Waals surface area (Å²) in [6.45, 7) is 2.31. The van der Waals surface area contributed by atoms with Crippen LogP contribution in [0.15, 0.2) is 46.2 Å². The Hall–Kier alpha value is -4.14. The number of para-hydroxylation sites is 1. The molecule has 1 fully saturated rings. The van der Waals surface area contributed by atoms with Gasteiger partial charge in [-0.05, 0) is 44.2 Å². The molecule has 1 saturated heterocycles. The van der Waals surface area contributed by atoms with Crippen LogP contribution in [0, 0.1) is 18.6 Å². The molecule has 3 aromatic heterocycles. The second kappa shape index (κ2) is 11.4. The van der Waals surface area contributed by atoms with Gasteiger partial charge in [0.25, 0.3) is 0 Å². The van der Waals surface area contributed by atoms with Gasteiger partial charge in [-0.3, -0.25) is 0 Å². The fraction of sp³-hybridized carbons (Fsp3) is 0.308. The van der Waals surface area contributed by atoms with Crippen LogP contribution < -0.4 is 5.32 Å². The van der Waals surface area contributed by atoms with Crippen LogP contribution in [0.1, 0.15) is 36.0 Å². The molecule has 0 spiro atoms. The number of amides is 2. The number of likely N-dealkylation sites (tertiary alicyclic amines) is 1. The van der Waals surface area contributed by atoms with Crippen molar-refractivity contribution in [3.8, 4) is 22.9 Å². The Morgan fingerprint density at radius 3 is 2.44 bits per heavy atom. The smallest absolute Gasteiger partial charge is 0.434 e. The second-order valence-electron chi connectivity index (χ2n) is 9.14. The van der Waals surface area contributed by atoms with Gasteiger partial charge in [0.05, 0.1) is 23.1 Å². The van der Waals surface area contributed by atoms with Gasteiger partial charge in [-0.1, -0.05) is 17.8 Å². The number of hydrogen-bond acceptors (Lipinski definition) is 8. The Labute approximate surface area is 234 Å². The minimum Gasteiger partial charge on any atom is -0.434 e. The number of thioether (sulfide) groups is 1. The van der Waals surface area contributed by atoms with E-state index in [4.69, 9.17) is 9.40 Å². The predicted molar refractivity (Wildman–Crippen MR) is 139 cm³/mol. The summed E-state index contributed by atoms with van der Waals surface area (Å²) in [5.74, 6) is -3.08. The largest absolute Gasteiger partial charge is 0.451 e. The molecule has 4 aromatic rings. The molecule has 0 aliphatic carbocycles. The van der Waals surface area contributed by atoms with E-state index in [0.717, 1.165) is 18.3 Å². The summed E-state index contributed by atoms with van der Waals surface area (Å²) in [4.78, 5) is 34.5. The lowest BCUT2D eigenvalue weighted by Crippen LogP contribution is -2.41. The van der Waals surface area contributed by atoms with Crippen molar-refractivity contribution in [2.45, 2.75) is 37.0 Å². The van der Waals surface area contributed by atoms with Gasteiger partial charge in [-0.25, -0.2) is 38.5 Å². The lowest BCUT2D eigenvalue weighted by molar-refractivity contribution is -0.144. The van der Waals surface area contributed by atoms with Crippen LogP contribution in [0.3, 0.4) is 0 Å². The van der Waals surface area contributed by atoms with Crippen molar-refractivity contribution in [3.05, 3.63) is 65.5 Å². The fourth-order valence-corrected chi connectivity index (χ4v) is 4.94. The molecule has 1 N–H and O–H groups in total. The number of urea groups is 1. The number of nitrogens with zero attached hydrogens (tertiary/aromatic N) is 6. The highest BCUT2D eigenvalue weighted by Gasteiger charge is 2.35. The first-order valence-electron chi connectivity index (χ1n) is 12.3. The molecule has 5 rings (SSSR count). The van der Waals surface area contributed by atoms with Gasteiger partial charge in [-0.15, -0.1) is 0 Å². The number of aryl methyl sites for hydroxylation is 1. The number of alkyl halides is 3. The summed E-state index contributed by atoms with van der Waals surface area (Å²) >= 11 is 1.34. The van der Waals surface area contributed by atoms with Crippen molar-refractivity contribution >= 4 is 23.5 Å². The monoisotopic (exact) mass is 591 g/mol. The van der Waals surface area contributed by atoms with Crippen LogP contribution in [0.25, 0.3) is 22.9 Å². The molecule has 0 unspecified atom stereocenters. The Balaban J connectivity index is 1.39. The molecule has 1 aliphatic rings. The maximum atomic E-state index is 14.0. The Kier molecular flexibility index (Phi) is 7.89. The van der Waals surface area contributed by atoms with E-state index in [0.29, 0.717) is 34.9 Å². The highest BCUT2D eigenvalue weighted by molar-refractivity contribution is 7.98. The van der Waals surface area contributed by atoms with Gasteiger partial charge >= 0.3 is 12.2 Å². The van der Waals surface area contributed by atoms with Crippen molar-refractivity contribution in [1.82, 2.24) is 29.8 Å². The first-order valence-corrected chi connectivity index (χ1v) is 13.6. The van der Waals surface area contributed by atoms with Gasteiger partial charge in [-0.2, -0.15) is 13.2 Å². The molecule has 9 nitrogen and oxygen atoms in total. The summed E-state index contributed by atoms with van der Waals surface area (Å²) in [7, 11) is 0. The highest BCUT2D eigenvalue weighted by Crippen LogP contribution is 2.38. The maximum absolute atomic E-state index is 14.0. The molecule has 214 valence electrons. The lowest BCUT2D eigenvalue weighted by atomic mass is 9.90. The van der Waals surface area contributed by atoms with Crippen LogP contribution in [0.2, 0.25) is 0 Å². The SMILES string of the molecule is CSc1nc(C)c(-c2ncc(-c3ccnc(C(F)(F)F)n3)o2)c(C2CCN(C(=O)Nc3c(F)cccc3F)CC2)n1. The van der Waals surface area contributed by atoms with Crippen LogP contribution in [0.5, 0.6) is 0 Å². The summed E-state index contributed by atoms with van der Waals surface area (Å²) in [5, 5.41) is 2.81. The van der Waals surface area contributed by atoms with E-state index in [1.807, 2.05) is 6.26 Å². The van der Waals surface area contributed by atoms with E-state index < -0.39 is 35.4 Å². The van der Waals surface area contributed by atoms with Crippen molar-refractivity contribution in [3.63, 3.8) is 0 Å². The van der Waals surface area contributed by atoms with E-state index in [1.165, 1.54) is 35.0 Å². The quantitative estimate of drug-likeness (QED) is 0.163. The number of carbonyl (C=O) groups excluding carboxylic acids is 1. The Morgan fingerprint density at radius 2 is 1.78 bits per heavy atom. The summed E-state index contributed by atoms with van der Waals surface area (Å²) in [6.07, 6.45) is 0.309. The zero-order valence-electron chi connectivity index (χ0n) is 21.7. The minimum atomic E-state index is -4.72. The Morgan fingerprint density at radius 1 is 1.07 bits per heavy atom. The third kappa shape index (κ3) is 5.99. The van der Waals surface area contributed by atoms with Crippen molar-refractivity contribution in [2.75, 3.05) is 24.7 Å². The van der Waals surface area contributed by atoms with E-state index in [9.17, 15) is 26.7 Å². The lowest BCUT2D eigenvalue weighted by Gasteiger charge is -2.32. The minimum absolute atomic E-state index is 0.0130. The highest BCUT2D eigenvalue weighted by atomic mass is 32.2. The standard InChI is InChI=1S/C26H22F5N7O2S/c1-13-19(22-33-12-18(40-22)17-6-9-32-23(35-17)26(29,30)31)20(36-24(34-13)41-2)14-7-10-38(11-8-14)25(39)37-21-15(27)4-3-5-16(21)28/h3-6,9,12,14H,7-8,10-11H2,1-2H3,(H,37,39). The van der Waals surface area contributed by atoms with Crippen LogP contribution in [-0.2, 0) is 6.18 Å². The number of benzene rings is 1. The van der Waals surface area contributed by atoms with E-state index in [-0.39, 0.29) is 36.4 Å². The molecule has 2 amide bonds. The topological polar surface area (TPSA) is 110 Å². The third-order valence-corrected chi connectivity index (χ3v) is 7.07. The molecule has 0 saturated carbocycles.